The second-order valence-electron chi connectivity index (χ2n) is 24.1. The Hall–Kier alpha value is -2.11. The van der Waals surface area contributed by atoms with Crippen molar-refractivity contribution in [2.24, 2.45) is 0 Å². The first-order valence-corrected chi connectivity index (χ1v) is 35.3. The van der Waals surface area contributed by atoms with Gasteiger partial charge in [-0.2, -0.15) is 0 Å². The second kappa shape index (κ2) is 67.4. The van der Waals surface area contributed by atoms with E-state index < -0.39 is 6.10 Å². The molecule has 460 valence electrons. The Kier molecular flexibility index (Phi) is 65.6. The van der Waals surface area contributed by atoms with Crippen LogP contribution in [0.15, 0.2) is 24.3 Å². The van der Waals surface area contributed by atoms with Crippen molar-refractivity contribution in [3.05, 3.63) is 24.3 Å². The monoisotopic (exact) mass is 1100 g/mol. The van der Waals surface area contributed by atoms with Crippen molar-refractivity contribution in [1.82, 2.24) is 0 Å². The molecule has 1 atom stereocenters. The maximum Gasteiger partial charge on any atom is 0.306 e. The molecular formula is C72H136O6. The fraction of sp³-hybridized carbons (Fsp3) is 0.903. The van der Waals surface area contributed by atoms with E-state index in [1.54, 1.807) is 0 Å². The summed E-state index contributed by atoms with van der Waals surface area (Å²) in [5.74, 6) is -0.846. The van der Waals surface area contributed by atoms with Crippen LogP contribution in [0, 0.1) is 0 Å². The van der Waals surface area contributed by atoms with Crippen molar-refractivity contribution in [3.63, 3.8) is 0 Å². The van der Waals surface area contributed by atoms with E-state index >= 15 is 0 Å². The normalized spacial score (nSPS) is 12.1. The minimum atomic E-state index is -0.774. The molecule has 0 aliphatic heterocycles. The molecule has 0 aliphatic rings. The summed E-state index contributed by atoms with van der Waals surface area (Å²) in [5, 5.41) is 0. The first-order chi connectivity index (χ1) is 38.5. The van der Waals surface area contributed by atoms with Crippen LogP contribution in [-0.2, 0) is 28.6 Å². The van der Waals surface area contributed by atoms with E-state index in [0.717, 1.165) is 57.8 Å². The predicted molar refractivity (Wildman–Crippen MR) is 340 cm³/mol. The molecule has 0 spiro atoms. The minimum absolute atomic E-state index is 0.0689. The summed E-state index contributed by atoms with van der Waals surface area (Å²) in [6.45, 7) is 6.71. The van der Waals surface area contributed by atoms with Gasteiger partial charge in [0.25, 0.3) is 0 Å². The Balaban J connectivity index is 4.28. The third kappa shape index (κ3) is 64.7. The second-order valence-corrected chi connectivity index (χ2v) is 24.1. The topological polar surface area (TPSA) is 78.9 Å². The SMILES string of the molecule is CCCCCCCCC/C=C\CCCCCCCCCC(=O)OCC(COC(=O)CCCCCCCCCCCCCCCCCCCCCCCCCC)OC(=O)CCCCCCCCC/C=C\CCCCCCCCC. The van der Waals surface area contributed by atoms with E-state index in [0.29, 0.717) is 19.3 Å². The van der Waals surface area contributed by atoms with Crippen LogP contribution >= 0.6 is 0 Å². The lowest BCUT2D eigenvalue weighted by molar-refractivity contribution is -0.167. The molecule has 6 heteroatoms. The predicted octanol–water partition coefficient (Wildman–Crippen LogP) is 24.2. The zero-order chi connectivity index (χ0) is 56.4. The van der Waals surface area contributed by atoms with Crippen LogP contribution in [0.25, 0.3) is 0 Å². The Morgan fingerprint density at radius 1 is 0.244 bits per heavy atom. The molecule has 6 nitrogen and oxygen atoms in total. The number of unbranched alkanes of at least 4 members (excludes halogenated alkanes) is 51. The Morgan fingerprint density at radius 3 is 0.641 bits per heavy atom. The maximum atomic E-state index is 12.9. The summed E-state index contributed by atoms with van der Waals surface area (Å²) < 4.78 is 17.0. The Labute approximate surface area is 487 Å². The number of rotatable bonds is 66. The molecule has 0 bridgehead atoms. The van der Waals surface area contributed by atoms with Gasteiger partial charge >= 0.3 is 17.9 Å². The van der Waals surface area contributed by atoms with E-state index in [1.165, 1.54) is 302 Å². The number of hydrogen-bond acceptors (Lipinski definition) is 6. The van der Waals surface area contributed by atoms with Gasteiger partial charge in [-0.15, -0.1) is 0 Å². The van der Waals surface area contributed by atoms with Crippen LogP contribution in [0.1, 0.15) is 400 Å². The number of carbonyl (C=O) groups excluding carboxylic acids is 3. The molecule has 1 unspecified atom stereocenters. The molecule has 0 heterocycles. The summed E-state index contributed by atoms with van der Waals surface area (Å²) in [6, 6.07) is 0. The van der Waals surface area contributed by atoms with Gasteiger partial charge in [0.2, 0.25) is 0 Å². The number of carbonyl (C=O) groups is 3. The van der Waals surface area contributed by atoms with Crippen LogP contribution in [0.2, 0.25) is 0 Å². The van der Waals surface area contributed by atoms with Crippen molar-refractivity contribution in [2.75, 3.05) is 13.2 Å². The minimum Gasteiger partial charge on any atom is -0.462 e. The molecule has 0 radical (unpaired) electrons. The summed E-state index contributed by atoms with van der Waals surface area (Å²) in [6.07, 6.45) is 82.0. The van der Waals surface area contributed by atoms with Gasteiger partial charge < -0.3 is 14.2 Å². The molecule has 0 aromatic heterocycles. The fourth-order valence-electron chi connectivity index (χ4n) is 10.8. The Bertz CT molecular complexity index is 1260. The van der Waals surface area contributed by atoms with Gasteiger partial charge in [-0.05, 0) is 70.6 Å². The van der Waals surface area contributed by atoms with Gasteiger partial charge in [-0.25, -0.2) is 0 Å². The molecule has 0 aliphatic carbocycles. The first kappa shape index (κ1) is 75.9. The summed E-state index contributed by atoms with van der Waals surface area (Å²) in [4.78, 5) is 38.4. The number of esters is 3. The highest BCUT2D eigenvalue weighted by molar-refractivity contribution is 5.71. The van der Waals surface area contributed by atoms with Gasteiger partial charge in [0.15, 0.2) is 6.10 Å². The van der Waals surface area contributed by atoms with Crippen LogP contribution < -0.4 is 0 Å². The molecule has 0 saturated carbocycles. The van der Waals surface area contributed by atoms with Crippen molar-refractivity contribution >= 4 is 17.9 Å². The lowest BCUT2D eigenvalue weighted by Gasteiger charge is -2.18. The van der Waals surface area contributed by atoms with Gasteiger partial charge in [-0.3, -0.25) is 14.4 Å². The molecule has 0 amide bonds. The zero-order valence-electron chi connectivity index (χ0n) is 53.0. The van der Waals surface area contributed by atoms with Gasteiger partial charge in [0.1, 0.15) is 13.2 Å². The third-order valence-electron chi connectivity index (χ3n) is 16.2. The van der Waals surface area contributed by atoms with Crippen molar-refractivity contribution in [3.8, 4) is 0 Å². The summed E-state index contributed by atoms with van der Waals surface area (Å²) in [7, 11) is 0. The summed E-state index contributed by atoms with van der Waals surface area (Å²) in [5.41, 5.74) is 0. The lowest BCUT2D eigenvalue weighted by atomic mass is 10.0. The van der Waals surface area contributed by atoms with Crippen LogP contribution in [0.3, 0.4) is 0 Å². The number of allylic oxidation sites excluding steroid dienone is 4. The van der Waals surface area contributed by atoms with Crippen LogP contribution in [0.5, 0.6) is 0 Å². The fourth-order valence-corrected chi connectivity index (χ4v) is 10.8. The van der Waals surface area contributed by atoms with E-state index in [-0.39, 0.29) is 31.1 Å². The maximum absolute atomic E-state index is 12.9. The number of hydrogen-bond donors (Lipinski definition) is 0. The van der Waals surface area contributed by atoms with E-state index in [4.69, 9.17) is 14.2 Å². The average molecular weight is 1100 g/mol. The van der Waals surface area contributed by atoms with Gasteiger partial charge in [-0.1, -0.05) is 334 Å². The Morgan fingerprint density at radius 2 is 0.423 bits per heavy atom. The van der Waals surface area contributed by atoms with E-state index in [9.17, 15) is 14.4 Å². The van der Waals surface area contributed by atoms with Crippen molar-refractivity contribution < 1.29 is 28.6 Å². The van der Waals surface area contributed by atoms with Crippen molar-refractivity contribution in [1.29, 1.82) is 0 Å². The highest BCUT2D eigenvalue weighted by Gasteiger charge is 2.19. The first-order valence-electron chi connectivity index (χ1n) is 35.3. The largest absolute Gasteiger partial charge is 0.462 e. The highest BCUT2D eigenvalue weighted by Crippen LogP contribution is 2.18. The molecule has 0 saturated heterocycles. The molecule has 0 fully saturated rings. The number of ether oxygens (including phenoxy) is 3. The van der Waals surface area contributed by atoms with Crippen LogP contribution in [-0.4, -0.2) is 37.2 Å². The molecule has 0 rings (SSSR count). The standard InChI is InChI=1S/C72H136O6/c1-4-7-10-13-16-19-22-25-28-31-34-35-36-37-38-39-42-44-47-50-53-56-59-62-65-71(74)77-68-69(78-72(75)66-63-60-57-54-51-48-45-41-33-30-27-24-21-18-15-12-9-6-3)67-76-70(73)64-61-58-55-52-49-46-43-40-32-29-26-23-20-17-14-11-8-5-2/h29-30,32-33,69H,4-28,31,34-68H2,1-3H3/b32-29-,33-30-. The van der Waals surface area contributed by atoms with E-state index in [1.807, 2.05) is 0 Å². The van der Waals surface area contributed by atoms with E-state index in [2.05, 4.69) is 45.1 Å². The van der Waals surface area contributed by atoms with Gasteiger partial charge in [0, 0.05) is 19.3 Å². The molecule has 0 aromatic rings. The average Bonchev–Trinajstić information content (AvgIpc) is 3.44. The third-order valence-corrected chi connectivity index (χ3v) is 16.2. The molecular weight excluding hydrogens is 961 g/mol. The van der Waals surface area contributed by atoms with Crippen molar-refractivity contribution in [2.45, 2.75) is 406 Å². The highest BCUT2D eigenvalue weighted by atomic mass is 16.6. The smallest absolute Gasteiger partial charge is 0.306 e. The quantitative estimate of drug-likeness (QED) is 0.0261. The van der Waals surface area contributed by atoms with Gasteiger partial charge in [0.05, 0.1) is 0 Å². The van der Waals surface area contributed by atoms with Crippen LogP contribution in [0.4, 0.5) is 0 Å². The molecule has 0 aromatic carbocycles. The summed E-state index contributed by atoms with van der Waals surface area (Å²) >= 11 is 0. The molecule has 0 N–H and O–H groups in total. The zero-order valence-corrected chi connectivity index (χ0v) is 53.0. The molecule has 78 heavy (non-hydrogen) atoms. The lowest BCUT2D eigenvalue weighted by Crippen LogP contribution is -2.30.